The number of halogens is 1. The van der Waals surface area contributed by atoms with E-state index in [1.165, 1.54) is 6.07 Å². The van der Waals surface area contributed by atoms with Crippen molar-refractivity contribution in [1.82, 2.24) is 9.97 Å². The van der Waals surface area contributed by atoms with Crippen molar-refractivity contribution in [3.8, 4) is 0 Å². The van der Waals surface area contributed by atoms with Gasteiger partial charge in [0, 0.05) is 11.1 Å². The highest BCUT2D eigenvalue weighted by molar-refractivity contribution is 5.76. The van der Waals surface area contributed by atoms with Crippen LogP contribution in [0.4, 0.5) is 4.39 Å². The van der Waals surface area contributed by atoms with Gasteiger partial charge in [0.25, 0.3) is 0 Å². The van der Waals surface area contributed by atoms with Gasteiger partial charge >= 0.3 is 5.97 Å². The number of rotatable bonds is 3. The van der Waals surface area contributed by atoms with Crippen LogP contribution in [0, 0.1) is 5.82 Å². The van der Waals surface area contributed by atoms with Crippen LogP contribution in [0.15, 0.2) is 18.3 Å². The van der Waals surface area contributed by atoms with E-state index in [1.807, 2.05) is 0 Å². The molecular formula is C10H9FN2O2. The first-order valence-corrected chi connectivity index (χ1v) is 4.50. The number of fused-ring (bicyclic) bond motifs is 1. The van der Waals surface area contributed by atoms with E-state index in [2.05, 4.69) is 9.97 Å². The van der Waals surface area contributed by atoms with Gasteiger partial charge in [0.1, 0.15) is 11.5 Å². The topological polar surface area (TPSA) is 66.0 Å². The summed E-state index contributed by atoms with van der Waals surface area (Å²) in [7, 11) is 0. The third kappa shape index (κ3) is 2.12. The summed E-state index contributed by atoms with van der Waals surface area (Å²) in [5.74, 6) is -1.25. The molecule has 0 saturated carbocycles. The number of aliphatic carboxylic acids is 1. The lowest BCUT2D eigenvalue weighted by Gasteiger charge is -1.91. The molecule has 0 saturated heterocycles. The highest BCUT2D eigenvalue weighted by Crippen LogP contribution is 2.15. The number of carboxylic acids is 1. The highest BCUT2D eigenvalue weighted by atomic mass is 19.1. The molecule has 2 aromatic heterocycles. The van der Waals surface area contributed by atoms with Crippen LogP contribution < -0.4 is 0 Å². The largest absolute Gasteiger partial charge is 0.481 e. The van der Waals surface area contributed by atoms with Crippen molar-refractivity contribution in [2.75, 3.05) is 0 Å². The van der Waals surface area contributed by atoms with Gasteiger partial charge < -0.3 is 10.1 Å². The Hall–Kier alpha value is -1.91. The standard InChI is InChI=1S/C10H9FN2O2/c11-7-3-6-4-8(1-2-9(14)15)13-10(6)12-5-7/h3-5H,1-2H2,(H,12,13)(H,14,15). The van der Waals surface area contributed by atoms with Crippen LogP contribution in [0.3, 0.4) is 0 Å². The molecule has 0 radical (unpaired) electrons. The molecule has 2 heterocycles. The molecule has 0 bridgehead atoms. The second kappa shape index (κ2) is 3.68. The van der Waals surface area contributed by atoms with Gasteiger partial charge in [-0.1, -0.05) is 0 Å². The summed E-state index contributed by atoms with van der Waals surface area (Å²) in [4.78, 5) is 17.1. The first-order chi connectivity index (χ1) is 7.15. The zero-order valence-corrected chi connectivity index (χ0v) is 7.83. The van der Waals surface area contributed by atoms with E-state index in [9.17, 15) is 9.18 Å². The predicted octanol–water partition coefficient (Wildman–Crippen LogP) is 1.72. The lowest BCUT2D eigenvalue weighted by atomic mass is 10.2. The molecule has 78 valence electrons. The Morgan fingerprint density at radius 1 is 1.53 bits per heavy atom. The van der Waals surface area contributed by atoms with Gasteiger partial charge in [-0.3, -0.25) is 4.79 Å². The summed E-state index contributed by atoms with van der Waals surface area (Å²) in [6.45, 7) is 0. The number of aromatic amines is 1. The minimum absolute atomic E-state index is 0.0509. The summed E-state index contributed by atoms with van der Waals surface area (Å²) >= 11 is 0. The van der Waals surface area contributed by atoms with Crippen molar-refractivity contribution in [1.29, 1.82) is 0 Å². The van der Waals surface area contributed by atoms with Crippen molar-refractivity contribution in [2.24, 2.45) is 0 Å². The molecule has 15 heavy (non-hydrogen) atoms. The smallest absolute Gasteiger partial charge is 0.303 e. The summed E-state index contributed by atoms with van der Waals surface area (Å²) in [6, 6.07) is 3.08. The third-order valence-corrected chi connectivity index (χ3v) is 2.10. The fraction of sp³-hybridized carbons (Fsp3) is 0.200. The Labute approximate surface area is 84.8 Å². The van der Waals surface area contributed by atoms with Crippen LogP contribution in [0.25, 0.3) is 11.0 Å². The fourth-order valence-electron chi connectivity index (χ4n) is 1.42. The van der Waals surface area contributed by atoms with E-state index < -0.39 is 11.8 Å². The maximum Gasteiger partial charge on any atom is 0.303 e. The molecule has 0 amide bonds. The molecule has 0 atom stereocenters. The Bertz CT molecular complexity index is 507. The number of carbonyl (C=O) groups is 1. The summed E-state index contributed by atoms with van der Waals surface area (Å²) < 4.78 is 12.8. The number of carboxylic acid groups (broad SMARTS) is 1. The SMILES string of the molecule is O=C(O)CCc1cc2cc(F)cnc2[nH]1. The molecular weight excluding hydrogens is 199 g/mol. The van der Waals surface area contributed by atoms with Crippen molar-refractivity contribution in [2.45, 2.75) is 12.8 Å². The molecule has 0 aliphatic carbocycles. The van der Waals surface area contributed by atoms with Gasteiger partial charge in [0.2, 0.25) is 0 Å². The van der Waals surface area contributed by atoms with E-state index in [0.717, 1.165) is 11.9 Å². The number of nitrogens with one attached hydrogen (secondary N) is 1. The molecule has 2 rings (SSSR count). The zero-order valence-electron chi connectivity index (χ0n) is 7.83. The fourth-order valence-corrected chi connectivity index (χ4v) is 1.42. The van der Waals surface area contributed by atoms with Crippen LogP contribution >= 0.6 is 0 Å². The maximum absolute atomic E-state index is 12.8. The molecule has 0 aliphatic heterocycles. The minimum atomic E-state index is -0.854. The van der Waals surface area contributed by atoms with E-state index >= 15 is 0 Å². The van der Waals surface area contributed by atoms with Crippen LogP contribution in [-0.2, 0) is 11.2 Å². The van der Waals surface area contributed by atoms with Crippen molar-refractivity contribution in [3.05, 3.63) is 29.8 Å². The second-order valence-electron chi connectivity index (χ2n) is 3.28. The molecule has 0 spiro atoms. The van der Waals surface area contributed by atoms with E-state index in [4.69, 9.17) is 5.11 Å². The van der Waals surface area contributed by atoms with Gasteiger partial charge in [0.15, 0.2) is 0 Å². The Kier molecular flexibility index (Phi) is 2.37. The Morgan fingerprint density at radius 3 is 3.07 bits per heavy atom. The lowest BCUT2D eigenvalue weighted by molar-refractivity contribution is -0.136. The number of aryl methyl sites for hydroxylation is 1. The van der Waals surface area contributed by atoms with Crippen molar-refractivity contribution in [3.63, 3.8) is 0 Å². The molecule has 0 aliphatic rings. The van der Waals surface area contributed by atoms with Gasteiger partial charge in [0.05, 0.1) is 12.6 Å². The van der Waals surface area contributed by atoms with Crippen molar-refractivity contribution < 1.29 is 14.3 Å². The van der Waals surface area contributed by atoms with Crippen LogP contribution in [-0.4, -0.2) is 21.0 Å². The van der Waals surface area contributed by atoms with Crippen molar-refractivity contribution >= 4 is 17.0 Å². The summed E-state index contributed by atoms with van der Waals surface area (Å²) in [5, 5.41) is 9.17. The first kappa shape index (κ1) is 9.64. The molecule has 2 N–H and O–H groups in total. The number of nitrogens with zero attached hydrogens (tertiary/aromatic N) is 1. The van der Waals surface area contributed by atoms with E-state index in [0.29, 0.717) is 17.5 Å². The first-order valence-electron chi connectivity index (χ1n) is 4.50. The second-order valence-corrected chi connectivity index (χ2v) is 3.28. The number of hydrogen-bond acceptors (Lipinski definition) is 2. The molecule has 0 aromatic carbocycles. The average molecular weight is 208 g/mol. The third-order valence-electron chi connectivity index (χ3n) is 2.10. The van der Waals surface area contributed by atoms with Crippen LogP contribution in [0.1, 0.15) is 12.1 Å². The quantitative estimate of drug-likeness (QED) is 0.807. The average Bonchev–Trinajstić information content (AvgIpc) is 2.56. The molecule has 4 nitrogen and oxygen atoms in total. The number of pyridine rings is 1. The molecule has 5 heteroatoms. The van der Waals surface area contributed by atoms with E-state index in [-0.39, 0.29) is 6.42 Å². The van der Waals surface area contributed by atoms with Crippen LogP contribution in [0.2, 0.25) is 0 Å². The maximum atomic E-state index is 12.8. The van der Waals surface area contributed by atoms with Gasteiger partial charge in [-0.2, -0.15) is 0 Å². The van der Waals surface area contributed by atoms with Crippen LogP contribution in [0.5, 0.6) is 0 Å². The molecule has 0 unspecified atom stereocenters. The zero-order chi connectivity index (χ0) is 10.8. The molecule has 0 fully saturated rings. The number of aromatic nitrogens is 2. The number of hydrogen-bond donors (Lipinski definition) is 2. The normalized spacial score (nSPS) is 10.7. The van der Waals surface area contributed by atoms with Gasteiger partial charge in [-0.15, -0.1) is 0 Å². The minimum Gasteiger partial charge on any atom is -0.481 e. The monoisotopic (exact) mass is 208 g/mol. The van der Waals surface area contributed by atoms with E-state index in [1.54, 1.807) is 6.07 Å². The summed E-state index contributed by atoms with van der Waals surface area (Å²) in [6.07, 6.45) is 1.57. The highest BCUT2D eigenvalue weighted by Gasteiger charge is 2.04. The Morgan fingerprint density at radius 2 is 2.33 bits per heavy atom. The lowest BCUT2D eigenvalue weighted by Crippen LogP contribution is -1.97. The summed E-state index contributed by atoms with van der Waals surface area (Å²) in [5.41, 5.74) is 1.34. The predicted molar refractivity (Wildman–Crippen MR) is 52.0 cm³/mol. The molecule has 2 aromatic rings. The van der Waals surface area contributed by atoms with Gasteiger partial charge in [-0.05, 0) is 18.6 Å². The number of H-pyrrole nitrogens is 1. The Balaban J connectivity index is 2.27. The van der Waals surface area contributed by atoms with Gasteiger partial charge in [-0.25, -0.2) is 9.37 Å².